The maximum atomic E-state index is 7.64. The minimum absolute atomic E-state index is 0.0326. The van der Waals surface area contributed by atoms with E-state index in [1.54, 1.807) is 0 Å². The van der Waals surface area contributed by atoms with Gasteiger partial charge in [-0.3, -0.25) is 0 Å². The summed E-state index contributed by atoms with van der Waals surface area (Å²) >= 11 is 0. The van der Waals surface area contributed by atoms with Gasteiger partial charge in [-0.15, -0.1) is 13.2 Å². The molecule has 0 aliphatic heterocycles. The Bertz CT molecular complexity index is 848. The number of benzene rings is 2. The zero-order valence-corrected chi connectivity index (χ0v) is 28.1. The largest absolute Gasteiger partial charge is 0.404 e. The van der Waals surface area contributed by atoms with Crippen LogP contribution in [-0.2, 0) is 4.43 Å². The van der Waals surface area contributed by atoms with Crippen molar-refractivity contribution < 1.29 is 4.43 Å². The quantitative estimate of drug-likeness (QED) is 0.0688. The van der Waals surface area contributed by atoms with E-state index in [0.717, 1.165) is 12.8 Å². The second kappa shape index (κ2) is 20.9. The Morgan fingerprint density at radius 1 is 0.561 bits per heavy atom. The lowest BCUT2D eigenvalue weighted by Crippen LogP contribution is -2.67. The Labute approximate surface area is 256 Å². The number of hydrogen-bond donors (Lipinski definition) is 0. The Kier molecular flexibility index (Phi) is 18.0. The van der Waals surface area contributed by atoms with Gasteiger partial charge in [-0.25, -0.2) is 0 Å². The predicted octanol–water partition coefficient (Wildman–Crippen LogP) is 11.3. The first-order valence-electron chi connectivity index (χ1n) is 17.0. The van der Waals surface area contributed by atoms with E-state index < -0.39 is 8.32 Å². The van der Waals surface area contributed by atoms with Crippen molar-refractivity contribution >= 4 is 18.7 Å². The van der Waals surface area contributed by atoms with Crippen molar-refractivity contribution in [3.8, 4) is 0 Å². The average Bonchev–Trinajstić information content (AvgIpc) is 2.98. The molecule has 2 aromatic carbocycles. The van der Waals surface area contributed by atoms with Gasteiger partial charge in [0.25, 0.3) is 8.32 Å². The highest BCUT2D eigenvalue weighted by Gasteiger charge is 2.51. The summed E-state index contributed by atoms with van der Waals surface area (Å²) in [5.41, 5.74) is 0. The van der Waals surface area contributed by atoms with Crippen molar-refractivity contribution in [1.82, 2.24) is 0 Å². The summed E-state index contributed by atoms with van der Waals surface area (Å²) in [5, 5.41) is 2.84. The van der Waals surface area contributed by atoms with E-state index in [9.17, 15) is 0 Å². The number of unbranched alkanes of at least 4 members (excludes halogenated alkanes) is 14. The summed E-state index contributed by atoms with van der Waals surface area (Å²) in [7, 11) is -2.52. The normalized spacial score (nSPS) is 12.1. The van der Waals surface area contributed by atoms with Crippen LogP contribution in [0.3, 0.4) is 0 Å². The van der Waals surface area contributed by atoms with E-state index in [4.69, 9.17) is 4.43 Å². The summed E-state index contributed by atoms with van der Waals surface area (Å²) in [6.07, 6.45) is 27.8. The molecule has 0 aliphatic rings. The molecule has 0 radical (unpaired) electrons. The number of rotatable bonds is 24. The average molecular weight is 575 g/mol. The third kappa shape index (κ3) is 12.9. The summed E-state index contributed by atoms with van der Waals surface area (Å²) < 4.78 is 7.64. The van der Waals surface area contributed by atoms with Crippen LogP contribution in [0.1, 0.15) is 136 Å². The van der Waals surface area contributed by atoms with Gasteiger partial charge in [-0.05, 0) is 53.9 Å². The van der Waals surface area contributed by atoms with E-state index in [-0.39, 0.29) is 5.04 Å². The zero-order chi connectivity index (χ0) is 29.7. The van der Waals surface area contributed by atoms with E-state index in [1.807, 2.05) is 0 Å². The third-order valence-corrected chi connectivity index (χ3v) is 13.7. The molecule has 2 aromatic rings. The highest BCUT2D eigenvalue weighted by Crippen LogP contribution is 2.38. The SMILES string of the molecule is C=CCCCCCCCCCC(CCCCCCCCCC=C)O[Si](c1ccccc1)(c1ccccc1)C(C)(C)C. The van der Waals surface area contributed by atoms with Gasteiger partial charge in [0.1, 0.15) is 0 Å². The lowest BCUT2D eigenvalue weighted by atomic mass is 10.0. The summed E-state index contributed by atoms with van der Waals surface area (Å²) in [4.78, 5) is 0. The lowest BCUT2D eigenvalue weighted by Gasteiger charge is -2.45. The lowest BCUT2D eigenvalue weighted by molar-refractivity contribution is 0.160. The maximum absolute atomic E-state index is 7.64. The fraction of sp³-hybridized carbons (Fsp3) is 0.590. The second-order valence-corrected chi connectivity index (χ2v) is 17.3. The molecule has 1 nitrogen and oxygen atoms in total. The molecule has 0 aliphatic carbocycles. The monoisotopic (exact) mass is 574 g/mol. The fourth-order valence-corrected chi connectivity index (χ4v) is 11.0. The minimum Gasteiger partial charge on any atom is -0.404 e. The van der Waals surface area contributed by atoms with E-state index in [2.05, 4.69) is 107 Å². The highest BCUT2D eigenvalue weighted by atomic mass is 28.4. The Hall–Kier alpha value is -1.90. The first-order chi connectivity index (χ1) is 20.0. The molecule has 0 atom stereocenters. The number of hydrogen-bond acceptors (Lipinski definition) is 1. The molecule has 0 saturated heterocycles. The first kappa shape index (κ1) is 35.3. The van der Waals surface area contributed by atoms with Crippen LogP contribution in [0, 0.1) is 0 Å². The van der Waals surface area contributed by atoms with Crippen LogP contribution in [0.15, 0.2) is 86.0 Å². The standard InChI is InChI=1S/C39H62OSi/c1-6-8-10-12-14-16-18-20-24-30-36(31-25-21-19-17-15-13-11-9-7-2)40-41(39(3,4)5,37-32-26-22-27-33-37)38-34-28-23-29-35-38/h6-7,22-23,26-29,32-36H,1-2,8-21,24-25,30-31H2,3-5H3. The second-order valence-electron chi connectivity index (χ2n) is 13.1. The Morgan fingerprint density at radius 2 is 0.902 bits per heavy atom. The van der Waals surface area contributed by atoms with Crippen LogP contribution >= 0.6 is 0 Å². The van der Waals surface area contributed by atoms with Crippen LogP contribution < -0.4 is 10.4 Å². The molecule has 0 aromatic heterocycles. The molecular formula is C39H62OSi. The van der Waals surface area contributed by atoms with Crippen molar-refractivity contribution in [2.45, 2.75) is 147 Å². The smallest absolute Gasteiger partial charge is 0.261 e. The van der Waals surface area contributed by atoms with Crippen LogP contribution in [0.5, 0.6) is 0 Å². The molecule has 228 valence electrons. The molecule has 0 N–H and O–H groups in total. The Balaban J connectivity index is 2.10. The van der Waals surface area contributed by atoms with E-state index in [1.165, 1.54) is 113 Å². The maximum Gasteiger partial charge on any atom is 0.261 e. The van der Waals surface area contributed by atoms with Crippen molar-refractivity contribution in [2.75, 3.05) is 0 Å². The molecular weight excluding hydrogens is 513 g/mol. The van der Waals surface area contributed by atoms with Gasteiger partial charge in [0.15, 0.2) is 0 Å². The minimum atomic E-state index is -2.52. The molecule has 0 bridgehead atoms. The highest BCUT2D eigenvalue weighted by molar-refractivity contribution is 6.99. The molecule has 0 saturated carbocycles. The van der Waals surface area contributed by atoms with Crippen LogP contribution in [-0.4, -0.2) is 14.4 Å². The van der Waals surface area contributed by atoms with Crippen LogP contribution in [0.2, 0.25) is 5.04 Å². The topological polar surface area (TPSA) is 9.23 Å². The van der Waals surface area contributed by atoms with E-state index in [0.29, 0.717) is 6.10 Å². The zero-order valence-electron chi connectivity index (χ0n) is 27.1. The van der Waals surface area contributed by atoms with Crippen molar-refractivity contribution in [1.29, 1.82) is 0 Å². The van der Waals surface area contributed by atoms with Gasteiger partial charge < -0.3 is 4.43 Å². The number of allylic oxidation sites excluding steroid dienone is 2. The van der Waals surface area contributed by atoms with Gasteiger partial charge in [0.2, 0.25) is 0 Å². The fourth-order valence-electron chi connectivity index (χ4n) is 6.29. The van der Waals surface area contributed by atoms with Crippen molar-refractivity contribution in [2.24, 2.45) is 0 Å². The van der Waals surface area contributed by atoms with Gasteiger partial charge >= 0.3 is 0 Å². The third-order valence-electron chi connectivity index (χ3n) is 8.63. The van der Waals surface area contributed by atoms with E-state index >= 15 is 0 Å². The van der Waals surface area contributed by atoms with Gasteiger partial charge in [0, 0.05) is 6.10 Å². The van der Waals surface area contributed by atoms with Gasteiger partial charge in [0.05, 0.1) is 0 Å². The van der Waals surface area contributed by atoms with Gasteiger partial charge in [-0.1, -0.05) is 171 Å². The summed E-state index contributed by atoms with van der Waals surface area (Å²) in [5.74, 6) is 0. The predicted molar refractivity (Wildman–Crippen MR) is 186 cm³/mol. The van der Waals surface area contributed by atoms with Crippen LogP contribution in [0.25, 0.3) is 0 Å². The molecule has 2 heteroatoms. The molecule has 0 fully saturated rings. The molecule has 0 amide bonds. The Morgan fingerprint density at radius 3 is 1.24 bits per heavy atom. The molecule has 0 unspecified atom stereocenters. The van der Waals surface area contributed by atoms with Gasteiger partial charge in [-0.2, -0.15) is 0 Å². The summed E-state index contributed by atoms with van der Waals surface area (Å²) in [6.45, 7) is 14.9. The molecule has 2 rings (SSSR count). The summed E-state index contributed by atoms with van der Waals surface area (Å²) in [6, 6.07) is 22.4. The van der Waals surface area contributed by atoms with Crippen molar-refractivity contribution in [3.05, 3.63) is 86.0 Å². The van der Waals surface area contributed by atoms with Crippen molar-refractivity contribution in [3.63, 3.8) is 0 Å². The molecule has 41 heavy (non-hydrogen) atoms. The first-order valence-corrected chi connectivity index (χ1v) is 18.9. The van der Waals surface area contributed by atoms with Crippen LogP contribution in [0.4, 0.5) is 0 Å². The molecule has 0 heterocycles. The molecule has 0 spiro atoms.